The highest BCUT2D eigenvalue weighted by Crippen LogP contribution is 2.21. The molecule has 3 rings (SSSR count). The van der Waals surface area contributed by atoms with Gasteiger partial charge in [0.15, 0.2) is 0 Å². The van der Waals surface area contributed by atoms with Crippen molar-refractivity contribution in [2.75, 3.05) is 19.6 Å². The van der Waals surface area contributed by atoms with E-state index in [9.17, 15) is 0 Å². The Bertz CT molecular complexity index is 653. The third-order valence-corrected chi connectivity index (χ3v) is 4.88. The normalized spacial score (nSPS) is 18.7. The van der Waals surface area contributed by atoms with Crippen LogP contribution in [-0.2, 0) is 6.54 Å². The lowest BCUT2D eigenvalue weighted by molar-refractivity contribution is 0.199. The van der Waals surface area contributed by atoms with Crippen LogP contribution in [0.3, 0.4) is 0 Å². The summed E-state index contributed by atoms with van der Waals surface area (Å²) in [5.41, 5.74) is 4.85. The van der Waals surface area contributed by atoms with Crippen molar-refractivity contribution in [3.8, 4) is 5.69 Å². The average Bonchev–Trinajstić information content (AvgIpc) is 2.76. The molecule has 0 radical (unpaired) electrons. The number of benzene rings is 1. The van der Waals surface area contributed by atoms with Gasteiger partial charge in [0.2, 0.25) is 0 Å². The Morgan fingerprint density at radius 1 is 1.26 bits per heavy atom. The molecule has 1 N–H and O–H groups in total. The van der Waals surface area contributed by atoms with Crippen LogP contribution in [-0.4, -0.2) is 40.4 Å². The van der Waals surface area contributed by atoms with Gasteiger partial charge in [-0.05, 0) is 45.0 Å². The van der Waals surface area contributed by atoms with E-state index in [1.54, 1.807) is 0 Å². The van der Waals surface area contributed by atoms with Crippen molar-refractivity contribution in [1.29, 1.82) is 0 Å². The minimum atomic E-state index is 0. The van der Waals surface area contributed by atoms with E-state index in [-0.39, 0.29) is 12.4 Å². The first-order chi connectivity index (χ1) is 10.5. The zero-order valence-corrected chi connectivity index (χ0v) is 16.2. The molecule has 0 bridgehead atoms. The minimum Gasteiger partial charge on any atom is -0.312 e. The fraction of sp³-hybridized carbons (Fsp3) is 0.471. The van der Waals surface area contributed by atoms with Gasteiger partial charge in [-0.3, -0.25) is 4.90 Å². The van der Waals surface area contributed by atoms with Crippen molar-refractivity contribution in [2.45, 2.75) is 33.4 Å². The summed E-state index contributed by atoms with van der Waals surface area (Å²) in [6.07, 6.45) is 0. The molecule has 0 spiro atoms. The predicted molar refractivity (Wildman–Crippen MR) is 101 cm³/mol. The first-order valence-corrected chi connectivity index (χ1v) is 8.60. The van der Waals surface area contributed by atoms with Gasteiger partial charge in [-0.2, -0.15) is 5.10 Å². The van der Waals surface area contributed by atoms with Crippen molar-refractivity contribution >= 4 is 28.3 Å². The van der Waals surface area contributed by atoms with E-state index in [4.69, 9.17) is 5.10 Å². The van der Waals surface area contributed by atoms with Gasteiger partial charge in [-0.1, -0.05) is 15.9 Å². The molecule has 4 nitrogen and oxygen atoms in total. The van der Waals surface area contributed by atoms with Crippen LogP contribution < -0.4 is 5.32 Å². The summed E-state index contributed by atoms with van der Waals surface area (Å²) >= 11 is 3.49. The fourth-order valence-corrected chi connectivity index (χ4v) is 3.38. The molecule has 0 unspecified atom stereocenters. The Balaban J connectivity index is 0.00000192. The zero-order valence-electron chi connectivity index (χ0n) is 13.8. The molecule has 23 heavy (non-hydrogen) atoms. The van der Waals surface area contributed by atoms with Crippen LogP contribution in [0.25, 0.3) is 5.69 Å². The number of piperazine rings is 1. The number of aromatic nitrogens is 2. The third-order valence-electron chi connectivity index (χ3n) is 4.35. The van der Waals surface area contributed by atoms with Crippen LogP contribution in [0.15, 0.2) is 28.7 Å². The molecule has 0 aliphatic carbocycles. The number of halogens is 2. The molecule has 126 valence electrons. The van der Waals surface area contributed by atoms with Crippen molar-refractivity contribution in [3.63, 3.8) is 0 Å². The van der Waals surface area contributed by atoms with Crippen LogP contribution in [0.2, 0.25) is 0 Å². The van der Waals surface area contributed by atoms with Gasteiger partial charge in [0, 0.05) is 48.0 Å². The van der Waals surface area contributed by atoms with Crippen molar-refractivity contribution in [3.05, 3.63) is 45.7 Å². The highest BCUT2D eigenvalue weighted by molar-refractivity contribution is 9.10. The summed E-state index contributed by atoms with van der Waals surface area (Å²) in [7, 11) is 0. The first-order valence-electron chi connectivity index (χ1n) is 7.81. The summed E-state index contributed by atoms with van der Waals surface area (Å²) in [5, 5.41) is 8.25. The summed E-state index contributed by atoms with van der Waals surface area (Å²) in [4.78, 5) is 2.52. The molecule has 2 heterocycles. The van der Waals surface area contributed by atoms with Gasteiger partial charge in [0.1, 0.15) is 0 Å². The molecular weight excluding hydrogens is 376 g/mol. The third kappa shape index (κ3) is 4.15. The van der Waals surface area contributed by atoms with Gasteiger partial charge in [-0.25, -0.2) is 4.68 Å². The first kappa shape index (κ1) is 18.5. The zero-order chi connectivity index (χ0) is 15.7. The quantitative estimate of drug-likeness (QED) is 0.858. The van der Waals surface area contributed by atoms with E-state index in [0.717, 1.165) is 42.0 Å². The van der Waals surface area contributed by atoms with Gasteiger partial charge in [0.05, 0.1) is 11.4 Å². The maximum atomic E-state index is 4.75. The van der Waals surface area contributed by atoms with Gasteiger partial charge >= 0.3 is 0 Å². The predicted octanol–water partition coefficient (Wildman–Crippen LogP) is 3.47. The molecule has 0 saturated carbocycles. The smallest absolute Gasteiger partial charge is 0.0649 e. The van der Waals surface area contributed by atoms with E-state index < -0.39 is 0 Å². The standard InChI is InChI=1S/C17H23BrN4.ClH/c1-12-10-21(9-8-19-12)11-17-13(2)20-22(14(17)3)16-6-4-15(18)5-7-16;/h4-7,12,19H,8-11H2,1-3H3;1H/t12-;/m0./s1. The molecule has 1 aromatic heterocycles. The van der Waals surface area contributed by atoms with Crippen LogP contribution in [0.5, 0.6) is 0 Å². The minimum absolute atomic E-state index is 0. The second kappa shape index (κ2) is 7.79. The molecule has 1 atom stereocenters. The maximum absolute atomic E-state index is 4.75. The Labute approximate surface area is 152 Å². The Morgan fingerprint density at radius 3 is 2.61 bits per heavy atom. The molecule has 1 aliphatic heterocycles. The average molecular weight is 400 g/mol. The lowest BCUT2D eigenvalue weighted by Crippen LogP contribution is -2.48. The topological polar surface area (TPSA) is 33.1 Å². The van der Waals surface area contributed by atoms with E-state index in [0.29, 0.717) is 6.04 Å². The Hall–Kier alpha value is -0.880. The number of nitrogens with one attached hydrogen (secondary N) is 1. The van der Waals surface area contributed by atoms with Crippen molar-refractivity contribution in [2.24, 2.45) is 0 Å². The number of aryl methyl sites for hydroxylation is 1. The van der Waals surface area contributed by atoms with Crippen molar-refractivity contribution < 1.29 is 0 Å². The lowest BCUT2D eigenvalue weighted by atomic mass is 10.1. The molecule has 1 aromatic carbocycles. The van der Waals surface area contributed by atoms with E-state index in [2.05, 4.69) is 75.9 Å². The number of nitrogens with zero attached hydrogens (tertiary/aromatic N) is 3. The van der Waals surface area contributed by atoms with Crippen molar-refractivity contribution in [1.82, 2.24) is 20.0 Å². The van der Waals surface area contributed by atoms with Crippen LogP contribution in [0.4, 0.5) is 0 Å². The summed E-state index contributed by atoms with van der Waals surface area (Å²) in [6, 6.07) is 8.88. The summed E-state index contributed by atoms with van der Waals surface area (Å²) in [6.45, 7) is 10.8. The second-order valence-corrected chi connectivity index (χ2v) is 7.04. The SMILES string of the molecule is Cc1nn(-c2ccc(Br)cc2)c(C)c1CN1CCN[C@@H](C)C1.Cl. The largest absolute Gasteiger partial charge is 0.312 e. The molecule has 0 amide bonds. The lowest BCUT2D eigenvalue weighted by Gasteiger charge is -2.31. The van der Waals surface area contributed by atoms with E-state index in [1.165, 1.54) is 11.3 Å². The van der Waals surface area contributed by atoms with Gasteiger partial charge < -0.3 is 5.32 Å². The number of rotatable bonds is 3. The van der Waals surface area contributed by atoms with Gasteiger partial charge in [-0.15, -0.1) is 12.4 Å². The second-order valence-electron chi connectivity index (χ2n) is 6.13. The molecule has 1 fully saturated rings. The summed E-state index contributed by atoms with van der Waals surface area (Å²) in [5.74, 6) is 0. The molecule has 1 saturated heterocycles. The Kier molecular flexibility index (Phi) is 6.26. The van der Waals surface area contributed by atoms with Crippen LogP contribution >= 0.6 is 28.3 Å². The monoisotopic (exact) mass is 398 g/mol. The molecule has 1 aliphatic rings. The maximum Gasteiger partial charge on any atom is 0.0649 e. The molecular formula is C17H24BrClN4. The van der Waals surface area contributed by atoms with E-state index in [1.807, 2.05) is 0 Å². The summed E-state index contributed by atoms with van der Waals surface area (Å²) < 4.78 is 3.15. The van der Waals surface area contributed by atoms with E-state index >= 15 is 0 Å². The molecule has 2 aromatic rings. The number of hydrogen-bond donors (Lipinski definition) is 1. The highest BCUT2D eigenvalue weighted by atomic mass is 79.9. The molecule has 6 heteroatoms. The highest BCUT2D eigenvalue weighted by Gasteiger charge is 2.20. The van der Waals surface area contributed by atoms with Gasteiger partial charge in [0.25, 0.3) is 0 Å². The van der Waals surface area contributed by atoms with Crippen LogP contribution in [0.1, 0.15) is 23.9 Å². The fourth-order valence-electron chi connectivity index (χ4n) is 3.12. The number of hydrogen-bond acceptors (Lipinski definition) is 3. The van der Waals surface area contributed by atoms with Crippen LogP contribution in [0, 0.1) is 13.8 Å². The Morgan fingerprint density at radius 2 is 1.96 bits per heavy atom.